The highest BCUT2D eigenvalue weighted by Gasteiger charge is 2.37. The minimum atomic E-state index is -1.16. The summed E-state index contributed by atoms with van der Waals surface area (Å²) >= 11 is 0. The number of nitrogens with one attached hydrogen (secondary N) is 3. The van der Waals surface area contributed by atoms with Crippen LogP contribution < -0.4 is 20.9 Å². The van der Waals surface area contributed by atoms with Crippen LogP contribution in [0.15, 0.2) is 18.3 Å². The largest absolute Gasteiger partial charge is 0.465 e. The van der Waals surface area contributed by atoms with Gasteiger partial charge in [-0.15, -0.1) is 0 Å². The maximum Gasteiger partial charge on any atom is 0.404 e. The predicted molar refractivity (Wildman–Crippen MR) is 125 cm³/mol. The predicted octanol–water partition coefficient (Wildman–Crippen LogP) is 3.44. The van der Waals surface area contributed by atoms with Crippen molar-refractivity contribution in [1.82, 2.24) is 15.3 Å². The molecule has 12 heteroatoms. The first kappa shape index (κ1) is 24.4. The summed E-state index contributed by atoms with van der Waals surface area (Å²) in [6, 6.07) is 3.36. The first-order chi connectivity index (χ1) is 16.9. The van der Waals surface area contributed by atoms with E-state index in [9.17, 15) is 18.8 Å². The minimum Gasteiger partial charge on any atom is -0.465 e. The number of nitriles is 1. The van der Waals surface area contributed by atoms with E-state index in [4.69, 9.17) is 9.84 Å². The summed E-state index contributed by atoms with van der Waals surface area (Å²) in [6.45, 7) is 3.88. The van der Waals surface area contributed by atoms with E-state index in [2.05, 4.69) is 25.9 Å². The normalized spacial score (nSPS) is 17.3. The van der Waals surface area contributed by atoms with Crippen molar-refractivity contribution >= 4 is 29.2 Å². The van der Waals surface area contributed by atoms with Gasteiger partial charge in [0.2, 0.25) is 0 Å². The molecule has 1 saturated heterocycles. The maximum absolute atomic E-state index is 14.8. The molecule has 2 fully saturated rings. The van der Waals surface area contributed by atoms with E-state index in [1.165, 1.54) is 12.3 Å². The van der Waals surface area contributed by atoms with Gasteiger partial charge in [-0.25, -0.2) is 23.5 Å². The zero-order chi connectivity index (χ0) is 24.9. The van der Waals surface area contributed by atoms with Crippen molar-refractivity contribution < 1.29 is 23.4 Å². The van der Waals surface area contributed by atoms with E-state index in [0.29, 0.717) is 32.7 Å². The molecule has 1 saturated carbocycles. The molecule has 4 rings (SSSR count). The second kappa shape index (κ2) is 10.7. The van der Waals surface area contributed by atoms with Gasteiger partial charge >= 0.3 is 6.09 Å². The van der Waals surface area contributed by atoms with Gasteiger partial charge in [0, 0.05) is 19.2 Å². The first-order valence-corrected chi connectivity index (χ1v) is 11.5. The fourth-order valence-electron chi connectivity index (χ4n) is 4.18. The maximum atomic E-state index is 14.8. The summed E-state index contributed by atoms with van der Waals surface area (Å²) in [7, 11) is 0. The molecule has 10 nitrogen and oxygen atoms in total. The molecular weight excluding hydrogens is 460 g/mol. The van der Waals surface area contributed by atoms with E-state index >= 15 is 0 Å². The van der Waals surface area contributed by atoms with Crippen LogP contribution in [0.4, 0.5) is 36.7 Å². The monoisotopic (exact) mass is 487 g/mol. The lowest BCUT2D eigenvalue weighted by Gasteiger charge is -2.28. The third-order valence-electron chi connectivity index (χ3n) is 6.11. The number of aromatic nitrogens is 2. The molecule has 4 N–H and O–H groups in total. The summed E-state index contributed by atoms with van der Waals surface area (Å²) in [6.07, 6.45) is 2.54. The second-order valence-corrected chi connectivity index (χ2v) is 8.55. The Labute approximate surface area is 201 Å². The number of morpholine rings is 1. The Kier molecular flexibility index (Phi) is 7.45. The van der Waals surface area contributed by atoms with Crippen molar-refractivity contribution in [3.63, 3.8) is 0 Å². The van der Waals surface area contributed by atoms with Gasteiger partial charge in [0.05, 0.1) is 42.7 Å². The Morgan fingerprint density at radius 1 is 1.29 bits per heavy atom. The van der Waals surface area contributed by atoms with E-state index in [1.54, 1.807) is 4.90 Å². The van der Waals surface area contributed by atoms with Gasteiger partial charge in [-0.1, -0.05) is 6.92 Å². The molecule has 2 aromatic heterocycles. The minimum absolute atomic E-state index is 0.0329. The third kappa shape index (κ3) is 5.86. The Morgan fingerprint density at radius 3 is 2.63 bits per heavy atom. The Bertz CT molecular complexity index is 1120. The Balaban J connectivity index is 1.57. The van der Waals surface area contributed by atoms with Gasteiger partial charge in [-0.3, -0.25) is 0 Å². The van der Waals surface area contributed by atoms with Gasteiger partial charge in [0.15, 0.2) is 29.1 Å². The highest BCUT2D eigenvalue weighted by molar-refractivity contribution is 5.67. The average Bonchev–Trinajstić information content (AvgIpc) is 3.68. The Morgan fingerprint density at radius 2 is 2.03 bits per heavy atom. The average molecular weight is 488 g/mol. The number of hydrogen-bond acceptors (Lipinski definition) is 8. The molecule has 0 unspecified atom stereocenters. The summed E-state index contributed by atoms with van der Waals surface area (Å²) in [5, 5.41) is 27.0. The molecule has 0 spiro atoms. The quantitative estimate of drug-likeness (QED) is 0.419. The van der Waals surface area contributed by atoms with E-state index in [0.717, 1.165) is 18.9 Å². The van der Waals surface area contributed by atoms with Gasteiger partial charge in [-0.2, -0.15) is 5.26 Å². The number of hydrogen-bond donors (Lipinski definition) is 4. The number of anilines is 4. The van der Waals surface area contributed by atoms with Gasteiger partial charge in [0.1, 0.15) is 6.07 Å². The van der Waals surface area contributed by atoms with Crippen LogP contribution in [-0.4, -0.2) is 59.6 Å². The fraction of sp³-hybridized carbons (Fsp3) is 0.478. The molecule has 1 amide bonds. The fourth-order valence-corrected chi connectivity index (χ4v) is 4.18. The number of nitrogens with zero attached hydrogens (tertiary/aromatic N) is 4. The Hall–Kier alpha value is -3.72. The topological polar surface area (TPSA) is 135 Å². The molecule has 2 aromatic rings. The first-order valence-electron chi connectivity index (χ1n) is 11.5. The van der Waals surface area contributed by atoms with Crippen LogP contribution in [0.2, 0.25) is 0 Å². The van der Waals surface area contributed by atoms with Crippen LogP contribution in [0.1, 0.15) is 31.7 Å². The van der Waals surface area contributed by atoms with Crippen LogP contribution in [0.3, 0.4) is 0 Å². The lowest BCUT2D eigenvalue weighted by Crippen LogP contribution is -2.47. The number of halogens is 2. The van der Waals surface area contributed by atoms with E-state index in [-0.39, 0.29) is 40.7 Å². The smallest absolute Gasteiger partial charge is 0.404 e. The van der Waals surface area contributed by atoms with Gasteiger partial charge in [0.25, 0.3) is 0 Å². The van der Waals surface area contributed by atoms with Gasteiger partial charge in [-0.05, 0) is 31.2 Å². The van der Waals surface area contributed by atoms with Crippen LogP contribution in [-0.2, 0) is 4.74 Å². The number of ether oxygens (including phenoxy) is 1. The van der Waals surface area contributed by atoms with Crippen molar-refractivity contribution in [2.24, 2.45) is 5.92 Å². The number of amides is 1. The van der Waals surface area contributed by atoms with Crippen molar-refractivity contribution in [2.75, 3.05) is 41.8 Å². The zero-order valence-electron chi connectivity index (χ0n) is 19.2. The van der Waals surface area contributed by atoms with Gasteiger partial charge < -0.3 is 30.7 Å². The highest BCUT2D eigenvalue weighted by Crippen LogP contribution is 2.37. The summed E-state index contributed by atoms with van der Waals surface area (Å²) in [5.41, 5.74) is 0.183. The number of rotatable bonds is 9. The molecule has 186 valence electrons. The second-order valence-electron chi connectivity index (χ2n) is 8.55. The van der Waals surface area contributed by atoms with Crippen molar-refractivity contribution in [1.29, 1.82) is 5.26 Å². The SMILES string of the molecule is CC[C@H](NC(=O)O)[C@H](Nc1nc(Nc2cnc(N3CCOCC3)c(F)c2)c(C#N)cc1F)C1CC1. The third-order valence-corrected chi connectivity index (χ3v) is 6.11. The summed E-state index contributed by atoms with van der Waals surface area (Å²) in [5.74, 6) is -0.994. The van der Waals surface area contributed by atoms with Crippen LogP contribution >= 0.6 is 0 Å². The van der Waals surface area contributed by atoms with E-state index in [1.807, 2.05) is 13.0 Å². The van der Waals surface area contributed by atoms with E-state index < -0.39 is 23.8 Å². The highest BCUT2D eigenvalue weighted by atomic mass is 19.1. The van der Waals surface area contributed by atoms with Crippen LogP contribution in [0.25, 0.3) is 0 Å². The van der Waals surface area contributed by atoms with Crippen LogP contribution in [0, 0.1) is 28.9 Å². The molecule has 1 aliphatic heterocycles. The number of carbonyl (C=O) groups is 1. The summed E-state index contributed by atoms with van der Waals surface area (Å²) in [4.78, 5) is 21.5. The molecule has 0 aromatic carbocycles. The van der Waals surface area contributed by atoms with Crippen molar-refractivity contribution in [3.05, 3.63) is 35.5 Å². The molecule has 2 atom stereocenters. The molecular formula is C23H27F2N7O3. The molecule has 0 radical (unpaired) electrons. The molecule has 2 aliphatic rings. The molecule has 1 aliphatic carbocycles. The molecule has 3 heterocycles. The number of carboxylic acid groups (broad SMARTS) is 1. The van der Waals surface area contributed by atoms with Crippen LogP contribution in [0.5, 0.6) is 0 Å². The van der Waals surface area contributed by atoms with Crippen molar-refractivity contribution in [2.45, 2.75) is 38.3 Å². The van der Waals surface area contributed by atoms with Crippen molar-refractivity contribution in [3.8, 4) is 6.07 Å². The lowest BCUT2D eigenvalue weighted by molar-refractivity contribution is 0.122. The number of pyridine rings is 2. The standard InChI is InChI=1S/C23H27F2N7O3/c1-2-18(29-23(33)34)19(13-3-4-13)30-21-16(24)9-14(11-26)20(31-21)28-15-10-17(25)22(27-12-15)32-5-7-35-8-6-32/h9-10,12-13,18-19,29H,2-8H2,1H3,(H,33,34)(H2,28,30,31)/t18-,19+/m0/s1. The lowest BCUT2D eigenvalue weighted by atomic mass is 10.0. The zero-order valence-corrected chi connectivity index (χ0v) is 19.2. The molecule has 0 bridgehead atoms. The summed E-state index contributed by atoms with van der Waals surface area (Å²) < 4.78 is 34.9. The molecule has 35 heavy (non-hydrogen) atoms.